The lowest BCUT2D eigenvalue weighted by molar-refractivity contribution is 0.0777. The number of aromatic nitrogens is 1. The summed E-state index contributed by atoms with van der Waals surface area (Å²) in [6.45, 7) is 3.78. The largest absolute Gasteiger partial charge is 0.427 e. The highest BCUT2D eigenvalue weighted by molar-refractivity contribution is 5.95. The fourth-order valence-electron chi connectivity index (χ4n) is 3.95. The highest BCUT2D eigenvalue weighted by atomic mass is 19.1. The lowest BCUT2D eigenvalue weighted by Gasteiger charge is -2.22. The van der Waals surface area contributed by atoms with Crippen molar-refractivity contribution in [3.63, 3.8) is 0 Å². The van der Waals surface area contributed by atoms with Gasteiger partial charge in [0.25, 0.3) is 5.91 Å². The van der Waals surface area contributed by atoms with E-state index in [4.69, 9.17) is 4.42 Å². The molecule has 0 radical (unpaired) electrons. The molecule has 6 nitrogen and oxygen atoms in total. The second kappa shape index (κ2) is 7.83. The van der Waals surface area contributed by atoms with E-state index in [1.165, 1.54) is 17.0 Å². The summed E-state index contributed by atoms with van der Waals surface area (Å²) in [6, 6.07) is 8.10. The van der Waals surface area contributed by atoms with Crippen molar-refractivity contribution in [3.05, 3.63) is 69.2 Å². The van der Waals surface area contributed by atoms with Crippen LogP contribution in [0.15, 0.2) is 39.5 Å². The van der Waals surface area contributed by atoms with Crippen LogP contribution in [-0.2, 0) is 6.54 Å². The van der Waals surface area contributed by atoms with Crippen molar-refractivity contribution in [2.24, 2.45) is 0 Å². The molecule has 0 aliphatic carbocycles. The van der Waals surface area contributed by atoms with Crippen molar-refractivity contribution in [1.29, 1.82) is 0 Å². The zero-order valence-electron chi connectivity index (χ0n) is 16.5. The van der Waals surface area contributed by atoms with Gasteiger partial charge >= 0.3 is 5.63 Å². The molecular weight excluding hydrogens is 373 g/mol. The molecule has 2 N–H and O–H groups in total. The second-order valence-corrected chi connectivity index (χ2v) is 7.72. The van der Waals surface area contributed by atoms with Gasteiger partial charge in [-0.05, 0) is 62.2 Å². The number of benzene rings is 1. The van der Waals surface area contributed by atoms with Crippen LogP contribution in [0.3, 0.4) is 0 Å². The fraction of sp³-hybridized carbons (Fsp3) is 0.364. The molecule has 1 amide bonds. The van der Waals surface area contributed by atoms with Gasteiger partial charge in [0.2, 0.25) is 0 Å². The minimum Gasteiger partial charge on any atom is -0.427 e. The molecule has 3 aromatic rings. The fourth-order valence-corrected chi connectivity index (χ4v) is 3.95. The van der Waals surface area contributed by atoms with E-state index in [1.54, 1.807) is 26.1 Å². The standard InChI is InChI=1S/C22H24FN3O3/c1-13-8-19(14-4-3-7-24-11-14)29-22(28)20(13)21(27)26(2)12-17-10-15-9-16(23)5-6-18(15)25-17/h5-6,8-10,14,24-25H,3-4,7,11-12H2,1-2H3. The number of hydrogen-bond acceptors (Lipinski definition) is 4. The predicted molar refractivity (Wildman–Crippen MR) is 109 cm³/mol. The highest BCUT2D eigenvalue weighted by Crippen LogP contribution is 2.24. The van der Waals surface area contributed by atoms with Crippen molar-refractivity contribution in [3.8, 4) is 0 Å². The SMILES string of the molecule is Cc1cc(C2CCCNC2)oc(=O)c1C(=O)N(C)Cc1cc2cc(F)ccc2[nH]1. The molecule has 0 bridgehead atoms. The number of carbonyl (C=O) groups excluding carboxylic acids is 1. The Kier molecular flexibility index (Phi) is 5.24. The van der Waals surface area contributed by atoms with E-state index in [1.807, 2.05) is 6.07 Å². The quantitative estimate of drug-likeness (QED) is 0.708. The van der Waals surface area contributed by atoms with E-state index in [9.17, 15) is 14.0 Å². The summed E-state index contributed by atoms with van der Waals surface area (Å²) >= 11 is 0. The Balaban J connectivity index is 1.55. The van der Waals surface area contributed by atoms with E-state index in [-0.39, 0.29) is 23.8 Å². The second-order valence-electron chi connectivity index (χ2n) is 7.72. The van der Waals surface area contributed by atoms with Crippen LogP contribution in [0.2, 0.25) is 0 Å². The van der Waals surface area contributed by atoms with Crippen molar-refractivity contribution >= 4 is 16.8 Å². The van der Waals surface area contributed by atoms with Crippen LogP contribution in [-0.4, -0.2) is 35.9 Å². The zero-order valence-corrected chi connectivity index (χ0v) is 16.5. The molecule has 7 heteroatoms. The molecule has 1 fully saturated rings. The van der Waals surface area contributed by atoms with Crippen molar-refractivity contribution in [2.75, 3.05) is 20.1 Å². The number of piperidine rings is 1. The highest BCUT2D eigenvalue weighted by Gasteiger charge is 2.24. The maximum atomic E-state index is 13.4. The Hall–Kier alpha value is -2.93. The van der Waals surface area contributed by atoms with Crippen LogP contribution < -0.4 is 10.9 Å². The summed E-state index contributed by atoms with van der Waals surface area (Å²) in [6.07, 6.45) is 1.99. The van der Waals surface area contributed by atoms with Gasteiger partial charge in [-0.2, -0.15) is 0 Å². The lowest BCUT2D eigenvalue weighted by atomic mass is 9.95. The van der Waals surface area contributed by atoms with Crippen molar-refractivity contribution in [2.45, 2.75) is 32.2 Å². The summed E-state index contributed by atoms with van der Waals surface area (Å²) in [4.78, 5) is 30.2. The maximum Gasteiger partial charge on any atom is 0.349 e. The smallest absolute Gasteiger partial charge is 0.349 e. The van der Waals surface area contributed by atoms with Gasteiger partial charge in [-0.15, -0.1) is 0 Å². The number of aryl methyl sites for hydroxylation is 1. The number of nitrogens with zero attached hydrogens (tertiary/aromatic N) is 1. The summed E-state index contributed by atoms with van der Waals surface area (Å²) < 4.78 is 18.9. The van der Waals surface area contributed by atoms with Crippen molar-refractivity contribution in [1.82, 2.24) is 15.2 Å². The van der Waals surface area contributed by atoms with Crippen LogP contribution in [0.5, 0.6) is 0 Å². The average Bonchev–Trinajstić information content (AvgIpc) is 3.09. The van der Waals surface area contributed by atoms with Gasteiger partial charge in [0.15, 0.2) is 0 Å². The lowest BCUT2D eigenvalue weighted by Crippen LogP contribution is -2.33. The van der Waals surface area contributed by atoms with E-state index in [2.05, 4.69) is 10.3 Å². The van der Waals surface area contributed by atoms with Crippen LogP contribution >= 0.6 is 0 Å². The number of nitrogens with one attached hydrogen (secondary N) is 2. The van der Waals surface area contributed by atoms with Crippen LogP contribution in [0, 0.1) is 12.7 Å². The van der Waals surface area contributed by atoms with Crippen LogP contribution in [0.4, 0.5) is 4.39 Å². The molecule has 0 saturated carbocycles. The van der Waals surface area contributed by atoms with Gasteiger partial charge in [0.1, 0.15) is 17.1 Å². The molecule has 3 heterocycles. The molecular formula is C22H24FN3O3. The minimum absolute atomic E-state index is 0.0576. The summed E-state index contributed by atoms with van der Waals surface area (Å²) in [5, 5.41) is 4.04. The number of aromatic amines is 1. The molecule has 29 heavy (non-hydrogen) atoms. The predicted octanol–water partition coefficient (Wildman–Crippen LogP) is 3.31. The number of carbonyl (C=O) groups is 1. The molecule has 1 saturated heterocycles. The van der Waals surface area contributed by atoms with Gasteiger partial charge < -0.3 is 19.6 Å². The summed E-state index contributed by atoms with van der Waals surface area (Å²) in [5.74, 6) is 0.0868. The molecule has 152 valence electrons. The normalized spacial score (nSPS) is 16.9. The average molecular weight is 397 g/mol. The van der Waals surface area contributed by atoms with Gasteiger partial charge in [0, 0.05) is 36.1 Å². The molecule has 1 atom stereocenters. The molecule has 1 unspecified atom stereocenters. The third kappa shape index (κ3) is 3.96. The van der Waals surface area contributed by atoms with Crippen molar-refractivity contribution < 1.29 is 13.6 Å². The third-order valence-corrected chi connectivity index (χ3v) is 5.47. The Bertz CT molecular complexity index is 1110. The first-order valence-electron chi connectivity index (χ1n) is 9.80. The Morgan fingerprint density at radius 1 is 1.31 bits per heavy atom. The molecule has 1 aliphatic heterocycles. The van der Waals surface area contributed by atoms with Crippen LogP contribution in [0.1, 0.15) is 46.1 Å². The number of halogens is 1. The third-order valence-electron chi connectivity index (χ3n) is 5.47. The first-order chi connectivity index (χ1) is 13.9. The molecule has 2 aromatic heterocycles. The molecule has 0 spiro atoms. The monoisotopic (exact) mass is 397 g/mol. The zero-order chi connectivity index (χ0) is 20.5. The Morgan fingerprint density at radius 3 is 2.86 bits per heavy atom. The first-order valence-corrected chi connectivity index (χ1v) is 9.80. The number of rotatable bonds is 4. The summed E-state index contributed by atoms with van der Waals surface area (Å²) in [7, 11) is 1.63. The molecule has 4 rings (SSSR count). The molecule has 1 aromatic carbocycles. The van der Waals surface area contributed by atoms with Crippen LogP contribution in [0.25, 0.3) is 10.9 Å². The van der Waals surface area contributed by atoms with E-state index in [0.29, 0.717) is 11.3 Å². The minimum atomic E-state index is -0.596. The number of hydrogen-bond donors (Lipinski definition) is 2. The first kappa shape index (κ1) is 19.4. The number of fused-ring (bicyclic) bond motifs is 1. The van der Waals surface area contributed by atoms with Gasteiger partial charge in [-0.3, -0.25) is 4.79 Å². The topological polar surface area (TPSA) is 78.3 Å². The number of H-pyrrole nitrogens is 1. The number of amides is 1. The van der Waals surface area contributed by atoms with Gasteiger partial charge in [0.05, 0.1) is 6.54 Å². The van der Waals surface area contributed by atoms with E-state index < -0.39 is 11.5 Å². The van der Waals surface area contributed by atoms with Gasteiger partial charge in [-0.25, -0.2) is 9.18 Å². The Labute approximate surface area is 167 Å². The maximum absolute atomic E-state index is 13.4. The van der Waals surface area contributed by atoms with E-state index >= 15 is 0 Å². The molecule has 1 aliphatic rings. The van der Waals surface area contributed by atoms with Gasteiger partial charge in [-0.1, -0.05) is 0 Å². The van der Waals surface area contributed by atoms with E-state index in [0.717, 1.165) is 42.5 Å². The summed E-state index contributed by atoms with van der Waals surface area (Å²) in [5.41, 5.74) is 1.64. The Morgan fingerprint density at radius 2 is 2.14 bits per heavy atom.